The summed E-state index contributed by atoms with van der Waals surface area (Å²) < 4.78 is 10.6. The first-order valence-corrected chi connectivity index (χ1v) is 11.1. The van der Waals surface area contributed by atoms with E-state index in [0.29, 0.717) is 23.6 Å². The van der Waals surface area contributed by atoms with Crippen molar-refractivity contribution >= 4 is 11.6 Å². The predicted octanol–water partition coefficient (Wildman–Crippen LogP) is 6.00. The van der Waals surface area contributed by atoms with Gasteiger partial charge in [-0.25, -0.2) is 0 Å². The van der Waals surface area contributed by atoms with Gasteiger partial charge in [0.25, 0.3) is 0 Å². The lowest BCUT2D eigenvalue weighted by molar-refractivity contribution is -0.116. The molecule has 0 aromatic heterocycles. The maximum atomic E-state index is 12.9. The molecule has 0 heterocycles. The SMILES string of the molecule is CCNCCCC(CC(=O)Nc1ccc(OC)c(OC)c1)c1ccc(C(C)(C)C)cc1.[HH].[HH]. The molecular weight excluding hydrogens is 388 g/mol. The van der Waals surface area contributed by atoms with E-state index < -0.39 is 0 Å². The van der Waals surface area contributed by atoms with E-state index in [-0.39, 0.29) is 20.1 Å². The molecule has 5 nitrogen and oxygen atoms in total. The Hall–Kier alpha value is -2.53. The zero-order valence-corrected chi connectivity index (χ0v) is 19.9. The van der Waals surface area contributed by atoms with E-state index in [4.69, 9.17) is 9.47 Å². The van der Waals surface area contributed by atoms with Crippen LogP contribution in [0.5, 0.6) is 11.5 Å². The van der Waals surface area contributed by atoms with Crippen LogP contribution in [0.4, 0.5) is 5.69 Å². The number of ether oxygens (including phenoxy) is 2. The first-order valence-electron chi connectivity index (χ1n) is 11.1. The van der Waals surface area contributed by atoms with Crippen LogP contribution in [0.1, 0.15) is 66.9 Å². The molecule has 2 N–H and O–H groups in total. The number of anilines is 1. The molecule has 2 aromatic carbocycles. The molecule has 0 bridgehead atoms. The van der Waals surface area contributed by atoms with Crippen molar-refractivity contribution in [3.63, 3.8) is 0 Å². The molecule has 0 spiro atoms. The highest BCUT2D eigenvalue weighted by molar-refractivity contribution is 5.91. The fourth-order valence-corrected chi connectivity index (χ4v) is 3.64. The molecule has 0 aliphatic carbocycles. The van der Waals surface area contributed by atoms with E-state index >= 15 is 0 Å². The van der Waals surface area contributed by atoms with Crippen LogP contribution in [-0.2, 0) is 10.2 Å². The second-order valence-electron chi connectivity index (χ2n) is 8.89. The Balaban J connectivity index is 0.00000512. The maximum Gasteiger partial charge on any atom is 0.224 e. The van der Waals surface area contributed by atoms with E-state index in [1.165, 1.54) is 11.1 Å². The number of benzene rings is 2. The van der Waals surface area contributed by atoms with E-state index in [1.807, 2.05) is 6.07 Å². The number of carbonyl (C=O) groups is 1. The standard InChI is InChI=1S/C26H38N2O3.2H2/c1-7-27-16-8-9-20(19-10-12-21(13-11-19)26(2,3)4)17-25(29)28-22-14-15-23(30-5)24(18-22)31-6;;/h10-15,18,20,27H,7-9,16-17H2,1-6H3,(H,28,29);2*1H. The lowest BCUT2D eigenvalue weighted by Gasteiger charge is -2.22. The molecule has 2 rings (SSSR count). The monoisotopic (exact) mass is 430 g/mol. The number of nitrogens with one attached hydrogen (secondary N) is 2. The second-order valence-corrected chi connectivity index (χ2v) is 8.89. The van der Waals surface area contributed by atoms with Crippen LogP contribution >= 0.6 is 0 Å². The van der Waals surface area contributed by atoms with Crippen molar-refractivity contribution in [1.82, 2.24) is 5.32 Å². The molecule has 2 aromatic rings. The van der Waals surface area contributed by atoms with Gasteiger partial charge in [0.05, 0.1) is 14.2 Å². The summed E-state index contributed by atoms with van der Waals surface area (Å²) >= 11 is 0. The van der Waals surface area contributed by atoms with Crippen LogP contribution in [0.25, 0.3) is 0 Å². The Morgan fingerprint density at radius 2 is 1.71 bits per heavy atom. The van der Waals surface area contributed by atoms with Crippen molar-refractivity contribution in [2.24, 2.45) is 0 Å². The molecule has 5 heteroatoms. The lowest BCUT2D eigenvalue weighted by atomic mass is 9.84. The number of methoxy groups -OCH3 is 2. The van der Waals surface area contributed by atoms with Crippen molar-refractivity contribution in [1.29, 1.82) is 0 Å². The first-order chi connectivity index (χ1) is 14.8. The van der Waals surface area contributed by atoms with Gasteiger partial charge in [0.2, 0.25) is 5.91 Å². The fraction of sp³-hybridized carbons (Fsp3) is 0.500. The summed E-state index contributed by atoms with van der Waals surface area (Å²) in [5.41, 5.74) is 3.34. The van der Waals surface area contributed by atoms with Gasteiger partial charge in [0.15, 0.2) is 11.5 Å². The van der Waals surface area contributed by atoms with Crippen LogP contribution in [0, 0.1) is 0 Å². The molecule has 0 saturated heterocycles. The number of carbonyl (C=O) groups excluding carboxylic acids is 1. The average Bonchev–Trinajstić information content (AvgIpc) is 2.75. The molecule has 174 valence electrons. The van der Waals surface area contributed by atoms with E-state index in [0.717, 1.165) is 25.9 Å². The Bertz CT molecular complexity index is 836. The summed E-state index contributed by atoms with van der Waals surface area (Å²) in [6.45, 7) is 10.7. The second kappa shape index (κ2) is 11.8. The van der Waals surface area contributed by atoms with Crippen LogP contribution in [-0.4, -0.2) is 33.2 Å². The summed E-state index contributed by atoms with van der Waals surface area (Å²) in [7, 11) is 3.18. The number of amides is 1. The van der Waals surface area contributed by atoms with Gasteiger partial charge in [-0.2, -0.15) is 0 Å². The number of hydrogen-bond donors (Lipinski definition) is 2. The van der Waals surface area contributed by atoms with Gasteiger partial charge in [-0.15, -0.1) is 0 Å². The normalized spacial score (nSPS) is 12.3. The van der Waals surface area contributed by atoms with Crippen molar-refractivity contribution < 1.29 is 17.1 Å². The van der Waals surface area contributed by atoms with Crippen molar-refractivity contribution in [2.75, 3.05) is 32.6 Å². The highest BCUT2D eigenvalue weighted by Crippen LogP contribution is 2.31. The van der Waals surface area contributed by atoms with Crippen LogP contribution in [0.3, 0.4) is 0 Å². The van der Waals surface area contributed by atoms with Gasteiger partial charge in [-0.1, -0.05) is 52.0 Å². The third kappa shape index (κ3) is 7.59. The lowest BCUT2D eigenvalue weighted by Crippen LogP contribution is -2.18. The van der Waals surface area contributed by atoms with Gasteiger partial charge in [0, 0.05) is 21.0 Å². The van der Waals surface area contributed by atoms with Crippen molar-refractivity contribution in [2.45, 2.75) is 58.3 Å². The molecule has 31 heavy (non-hydrogen) atoms. The Morgan fingerprint density at radius 3 is 2.29 bits per heavy atom. The summed E-state index contributed by atoms with van der Waals surface area (Å²) in [5.74, 6) is 1.41. The molecule has 1 amide bonds. The molecule has 1 atom stereocenters. The smallest absolute Gasteiger partial charge is 0.224 e. The summed E-state index contributed by atoms with van der Waals surface area (Å²) in [5, 5.41) is 6.39. The quantitative estimate of drug-likeness (QED) is 0.430. The molecular formula is C26H42N2O3. The zero-order valence-electron chi connectivity index (χ0n) is 19.9. The Kier molecular flexibility index (Phi) is 9.38. The molecule has 0 aliphatic heterocycles. The molecule has 1 unspecified atom stereocenters. The van der Waals surface area contributed by atoms with Gasteiger partial charge >= 0.3 is 0 Å². The van der Waals surface area contributed by atoms with Crippen molar-refractivity contribution in [3.8, 4) is 11.5 Å². The van der Waals surface area contributed by atoms with Gasteiger partial charge in [0.1, 0.15) is 0 Å². The van der Waals surface area contributed by atoms with E-state index in [1.54, 1.807) is 26.4 Å². The van der Waals surface area contributed by atoms with E-state index in [9.17, 15) is 4.79 Å². The predicted molar refractivity (Wildman–Crippen MR) is 133 cm³/mol. The van der Waals surface area contributed by atoms with Gasteiger partial charge in [-0.3, -0.25) is 4.79 Å². The minimum Gasteiger partial charge on any atom is -0.493 e. The number of hydrogen-bond acceptors (Lipinski definition) is 4. The van der Waals surface area contributed by atoms with Gasteiger partial charge in [-0.05, 0) is 60.5 Å². The maximum absolute atomic E-state index is 12.9. The topological polar surface area (TPSA) is 59.6 Å². The summed E-state index contributed by atoms with van der Waals surface area (Å²) in [6, 6.07) is 14.2. The minimum atomic E-state index is 0. The van der Waals surface area contributed by atoms with Gasteiger partial charge < -0.3 is 20.1 Å². The van der Waals surface area contributed by atoms with Crippen LogP contribution in [0.2, 0.25) is 0 Å². The minimum absolute atomic E-state index is 0. The molecule has 0 saturated carbocycles. The molecule has 0 fully saturated rings. The third-order valence-corrected chi connectivity index (χ3v) is 5.50. The summed E-state index contributed by atoms with van der Waals surface area (Å²) in [4.78, 5) is 12.9. The fourth-order valence-electron chi connectivity index (χ4n) is 3.64. The Labute approximate surface area is 190 Å². The highest BCUT2D eigenvalue weighted by atomic mass is 16.5. The Morgan fingerprint density at radius 1 is 1.03 bits per heavy atom. The molecule has 0 aliphatic rings. The van der Waals surface area contributed by atoms with Crippen molar-refractivity contribution in [3.05, 3.63) is 53.6 Å². The molecule has 0 radical (unpaired) electrons. The average molecular weight is 431 g/mol. The third-order valence-electron chi connectivity index (χ3n) is 5.50. The highest BCUT2D eigenvalue weighted by Gasteiger charge is 2.19. The van der Waals surface area contributed by atoms with Crippen LogP contribution < -0.4 is 20.1 Å². The van der Waals surface area contributed by atoms with Crippen LogP contribution in [0.15, 0.2) is 42.5 Å². The zero-order chi connectivity index (χ0) is 22.9. The first kappa shape index (κ1) is 24.7. The van der Waals surface area contributed by atoms with E-state index in [2.05, 4.69) is 62.6 Å². The summed E-state index contributed by atoms with van der Waals surface area (Å²) in [6.07, 6.45) is 2.43. The number of rotatable bonds is 11. The largest absolute Gasteiger partial charge is 0.493 e.